The van der Waals surface area contributed by atoms with Crippen LogP contribution in [0, 0.1) is 17.2 Å². The standard InChI is InChI=1S/C17H23N3O2/c1-13(2)11-16-12-22-10-9-20(16)17(21)19-15-5-3-14(4-6-15)7-8-18/h3-6,13,16H,7,9-12H2,1-2H3,(H,19,21)/t16-/m1/s1. The van der Waals surface area contributed by atoms with E-state index < -0.39 is 0 Å². The minimum Gasteiger partial charge on any atom is -0.377 e. The summed E-state index contributed by atoms with van der Waals surface area (Å²) in [6.45, 7) is 6.11. The van der Waals surface area contributed by atoms with Crippen molar-refractivity contribution < 1.29 is 9.53 Å². The quantitative estimate of drug-likeness (QED) is 0.929. The number of carbonyl (C=O) groups is 1. The highest BCUT2D eigenvalue weighted by Gasteiger charge is 2.27. The third-order valence-corrected chi connectivity index (χ3v) is 3.72. The van der Waals surface area contributed by atoms with Crippen LogP contribution in [0.5, 0.6) is 0 Å². The van der Waals surface area contributed by atoms with E-state index in [-0.39, 0.29) is 12.1 Å². The summed E-state index contributed by atoms with van der Waals surface area (Å²) in [6.07, 6.45) is 1.32. The van der Waals surface area contributed by atoms with Crippen molar-refractivity contribution in [2.45, 2.75) is 32.7 Å². The number of rotatable bonds is 4. The van der Waals surface area contributed by atoms with Gasteiger partial charge in [-0.25, -0.2) is 4.79 Å². The highest BCUT2D eigenvalue weighted by molar-refractivity contribution is 5.89. The zero-order valence-corrected chi connectivity index (χ0v) is 13.2. The Labute approximate surface area is 131 Å². The first-order valence-corrected chi connectivity index (χ1v) is 7.71. The van der Waals surface area contributed by atoms with Gasteiger partial charge in [0.1, 0.15) is 0 Å². The van der Waals surface area contributed by atoms with Gasteiger partial charge in [-0.1, -0.05) is 26.0 Å². The van der Waals surface area contributed by atoms with Crippen LogP contribution in [0.15, 0.2) is 24.3 Å². The first kappa shape index (κ1) is 16.3. The molecule has 1 aliphatic rings. The van der Waals surface area contributed by atoms with Crippen molar-refractivity contribution in [2.75, 3.05) is 25.1 Å². The normalized spacial score (nSPS) is 18.1. The molecule has 5 heteroatoms. The Kier molecular flexibility index (Phi) is 5.79. The Balaban J connectivity index is 1.98. The van der Waals surface area contributed by atoms with Crippen LogP contribution in [0.1, 0.15) is 25.8 Å². The molecule has 1 heterocycles. The van der Waals surface area contributed by atoms with E-state index in [0.29, 0.717) is 32.1 Å². The van der Waals surface area contributed by atoms with Crippen molar-refractivity contribution in [3.05, 3.63) is 29.8 Å². The molecule has 1 fully saturated rings. The molecule has 2 rings (SSSR count). The van der Waals surface area contributed by atoms with Gasteiger partial charge in [0.25, 0.3) is 0 Å². The van der Waals surface area contributed by atoms with Crippen LogP contribution < -0.4 is 5.32 Å². The van der Waals surface area contributed by atoms with Gasteiger partial charge in [0.2, 0.25) is 0 Å². The summed E-state index contributed by atoms with van der Waals surface area (Å²) in [6, 6.07) is 9.56. The number of amides is 2. The number of nitrogens with zero attached hydrogens (tertiary/aromatic N) is 2. The summed E-state index contributed by atoms with van der Waals surface area (Å²) in [5.74, 6) is 0.521. The Morgan fingerprint density at radius 2 is 2.18 bits per heavy atom. The topological polar surface area (TPSA) is 65.4 Å². The molecule has 1 N–H and O–H groups in total. The van der Waals surface area contributed by atoms with Gasteiger partial charge >= 0.3 is 6.03 Å². The van der Waals surface area contributed by atoms with Crippen molar-refractivity contribution in [1.82, 2.24) is 4.90 Å². The first-order chi connectivity index (χ1) is 10.6. The lowest BCUT2D eigenvalue weighted by Gasteiger charge is -2.36. The molecule has 1 aliphatic heterocycles. The molecule has 0 aromatic heterocycles. The Bertz CT molecular complexity index is 534. The van der Waals surface area contributed by atoms with Gasteiger partial charge in [-0.05, 0) is 30.0 Å². The largest absolute Gasteiger partial charge is 0.377 e. The fourth-order valence-electron chi connectivity index (χ4n) is 2.65. The molecule has 0 bridgehead atoms. The summed E-state index contributed by atoms with van der Waals surface area (Å²) in [7, 11) is 0. The van der Waals surface area contributed by atoms with E-state index in [9.17, 15) is 4.79 Å². The van der Waals surface area contributed by atoms with Crippen molar-refractivity contribution in [2.24, 2.45) is 5.92 Å². The molecule has 0 saturated carbocycles. The Morgan fingerprint density at radius 1 is 1.45 bits per heavy atom. The molecule has 118 valence electrons. The second-order valence-electron chi connectivity index (χ2n) is 6.01. The number of anilines is 1. The fourth-order valence-corrected chi connectivity index (χ4v) is 2.65. The summed E-state index contributed by atoms with van der Waals surface area (Å²) in [5.41, 5.74) is 1.70. The van der Waals surface area contributed by atoms with Gasteiger partial charge in [-0.3, -0.25) is 0 Å². The third kappa shape index (κ3) is 4.47. The van der Waals surface area contributed by atoms with Crippen LogP contribution in [0.4, 0.5) is 10.5 Å². The number of urea groups is 1. The highest BCUT2D eigenvalue weighted by atomic mass is 16.5. The number of hydrogen-bond donors (Lipinski definition) is 1. The van der Waals surface area contributed by atoms with E-state index in [1.54, 1.807) is 0 Å². The van der Waals surface area contributed by atoms with Gasteiger partial charge in [-0.2, -0.15) is 5.26 Å². The zero-order valence-electron chi connectivity index (χ0n) is 13.2. The smallest absolute Gasteiger partial charge is 0.322 e. The van der Waals surface area contributed by atoms with Crippen LogP contribution in [-0.4, -0.2) is 36.7 Å². The highest BCUT2D eigenvalue weighted by Crippen LogP contribution is 2.18. The number of benzene rings is 1. The lowest BCUT2D eigenvalue weighted by atomic mass is 10.0. The average molecular weight is 301 g/mol. The second-order valence-corrected chi connectivity index (χ2v) is 6.01. The van der Waals surface area contributed by atoms with E-state index in [4.69, 9.17) is 10.00 Å². The molecule has 1 atom stereocenters. The molecule has 0 spiro atoms. The van der Waals surface area contributed by atoms with Crippen LogP contribution >= 0.6 is 0 Å². The van der Waals surface area contributed by atoms with E-state index in [2.05, 4.69) is 25.2 Å². The molecular weight excluding hydrogens is 278 g/mol. The monoisotopic (exact) mass is 301 g/mol. The van der Waals surface area contributed by atoms with Crippen LogP contribution in [0.25, 0.3) is 0 Å². The molecular formula is C17H23N3O2. The maximum atomic E-state index is 12.5. The number of carbonyl (C=O) groups excluding carboxylic acids is 1. The maximum absolute atomic E-state index is 12.5. The summed E-state index contributed by atoms with van der Waals surface area (Å²) in [5, 5.41) is 11.6. The molecule has 1 aromatic carbocycles. The summed E-state index contributed by atoms with van der Waals surface area (Å²) >= 11 is 0. The van der Waals surface area contributed by atoms with Gasteiger partial charge in [0, 0.05) is 12.2 Å². The van der Waals surface area contributed by atoms with E-state index >= 15 is 0 Å². The SMILES string of the molecule is CC(C)C[C@@H]1COCCN1C(=O)Nc1ccc(CC#N)cc1. The number of hydrogen-bond acceptors (Lipinski definition) is 3. The van der Waals surface area contributed by atoms with E-state index in [0.717, 1.165) is 17.7 Å². The number of morpholine rings is 1. The third-order valence-electron chi connectivity index (χ3n) is 3.72. The van der Waals surface area contributed by atoms with Crippen molar-refractivity contribution >= 4 is 11.7 Å². The predicted octanol–water partition coefficient (Wildman–Crippen LogP) is 3.03. The molecule has 22 heavy (non-hydrogen) atoms. The van der Waals surface area contributed by atoms with Gasteiger partial charge in [0.15, 0.2) is 0 Å². The molecule has 0 radical (unpaired) electrons. The van der Waals surface area contributed by atoms with Crippen LogP contribution in [0.2, 0.25) is 0 Å². The van der Waals surface area contributed by atoms with Gasteiger partial charge < -0.3 is 15.0 Å². The molecule has 1 saturated heterocycles. The van der Waals surface area contributed by atoms with E-state index in [1.807, 2.05) is 29.2 Å². The number of nitriles is 1. The zero-order chi connectivity index (χ0) is 15.9. The molecule has 0 aliphatic carbocycles. The predicted molar refractivity (Wildman–Crippen MR) is 85.5 cm³/mol. The molecule has 1 aromatic rings. The number of nitrogens with one attached hydrogen (secondary N) is 1. The lowest BCUT2D eigenvalue weighted by molar-refractivity contribution is 0.00857. The fraction of sp³-hybridized carbons (Fsp3) is 0.529. The van der Waals surface area contributed by atoms with E-state index in [1.165, 1.54) is 0 Å². The summed E-state index contributed by atoms with van der Waals surface area (Å²) < 4.78 is 5.50. The minimum absolute atomic E-state index is 0.0815. The maximum Gasteiger partial charge on any atom is 0.322 e. The van der Waals surface area contributed by atoms with Crippen molar-refractivity contribution in [3.8, 4) is 6.07 Å². The average Bonchev–Trinajstić information content (AvgIpc) is 2.49. The second kappa shape index (κ2) is 7.81. The Morgan fingerprint density at radius 3 is 2.82 bits per heavy atom. The van der Waals surface area contributed by atoms with Crippen molar-refractivity contribution in [3.63, 3.8) is 0 Å². The molecule has 5 nitrogen and oxygen atoms in total. The van der Waals surface area contributed by atoms with Gasteiger partial charge in [-0.15, -0.1) is 0 Å². The summed E-state index contributed by atoms with van der Waals surface area (Å²) in [4.78, 5) is 14.3. The van der Waals surface area contributed by atoms with Crippen LogP contribution in [0.3, 0.4) is 0 Å². The number of ether oxygens (including phenoxy) is 1. The minimum atomic E-state index is -0.0815. The lowest BCUT2D eigenvalue weighted by Crippen LogP contribution is -2.50. The molecule has 0 unspecified atom stereocenters. The van der Waals surface area contributed by atoms with Crippen molar-refractivity contribution in [1.29, 1.82) is 5.26 Å². The first-order valence-electron chi connectivity index (χ1n) is 7.71. The van der Waals surface area contributed by atoms with Gasteiger partial charge in [0.05, 0.1) is 31.7 Å². The Hall–Kier alpha value is -2.06. The van der Waals surface area contributed by atoms with Crippen LogP contribution in [-0.2, 0) is 11.2 Å². The molecule has 2 amide bonds.